The van der Waals surface area contributed by atoms with Crippen LogP contribution in [-0.4, -0.2) is 35.6 Å². The molecule has 3 nitrogen and oxygen atoms in total. The van der Waals surface area contributed by atoms with Crippen molar-refractivity contribution in [1.82, 2.24) is 0 Å². The lowest BCUT2D eigenvalue weighted by atomic mass is 9.96. The van der Waals surface area contributed by atoms with E-state index in [1.807, 2.05) is 0 Å². The molecule has 0 amide bonds. The average Bonchev–Trinajstić information content (AvgIpc) is 2.10. The minimum absolute atomic E-state index is 0.139. The second-order valence-corrected chi connectivity index (χ2v) is 3.81. The Balaban J connectivity index is 0.000000292. The second-order valence-electron chi connectivity index (χ2n) is 3.81. The molecule has 2 N–H and O–H groups in total. The van der Waals surface area contributed by atoms with Gasteiger partial charge < -0.3 is 14.9 Å². The zero-order valence-corrected chi connectivity index (χ0v) is 9.41. The first-order valence-electron chi connectivity index (χ1n) is 5.61. The van der Waals surface area contributed by atoms with Crippen LogP contribution < -0.4 is 0 Å². The molecule has 1 fully saturated rings. The van der Waals surface area contributed by atoms with E-state index in [0.29, 0.717) is 6.10 Å². The number of hydrogen-bond donors (Lipinski definition) is 2. The molecule has 1 aliphatic carbocycles. The summed E-state index contributed by atoms with van der Waals surface area (Å²) in [6, 6.07) is 0. The normalized spacial score (nSPS) is 18.0. The zero-order chi connectivity index (χ0) is 10.8. The maximum Gasteiger partial charge on any atom is 0.0742 e. The van der Waals surface area contributed by atoms with Gasteiger partial charge in [-0.2, -0.15) is 0 Å². The largest absolute Gasteiger partial charge is 0.394 e. The summed E-state index contributed by atoms with van der Waals surface area (Å²) >= 11 is 0. The summed E-state index contributed by atoms with van der Waals surface area (Å²) in [5, 5.41) is 16.0. The molecule has 3 heteroatoms. The fourth-order valence-electron chi connectivity index (χ4n) is 0.932. The SMILES string of the molecule is CC(O)CO.CCCCOC1CCC1. The molecule has 0 aromatic carbocycles. The number of hydrogen-bond acceptors (Lipinski definition) is 3. The number of aliphatic hydroxyl groups excluding tert-OH is 2. The van der Waals surface area contributed by atoms with E-state index in [-0.39, 0.29) is 6.61 Å². The van der Waals surface area contributed by atoms with Crippen LogP contribution in [0.1, 0.15) is 46.0 Å². The molecule has 0 bridgehead atoms. The molecule has 0 spiro atoms. The van der Waals surface area contributed by atoms with Gasteiger partial charge in [-0.25, -0.2) is 0 Å². The lowest BCUT2D eigenvalue weighted by Gasteiger charge is -2.25. The predicted octanol–water partition coefficient (Wildman–Crippen LogP) is 1.72. The molecule has 0 saturated heterocycles. The van der Waals surface area contributed by atoms with Crippen molar-refractivity contribution in [1.29, 1.82) is 0 Å². The molecule has 1 rings (SSSR count). The van der Waals surface area contributed by atoms with E-state index in [1.165, 1.54) is 39.0 Å². The molecule has 0 heterocycles. The first kappa shape index (κ1) is 13.9. The molecule has 1 aliphatic rings. The van der Waals surface area contributed by atoms with Crippen molar-refractivity contribution in [2.75, 3.05) is 13.2 Å². The van der Waals surface area contributed by atoms with Crippen LogP contribution >= 0.6 is 0 Å². The van der Waals surface area contributed by atoms with Crippen molar-refractivity contribution in [3.05, 3.63) is 0 Å². The minimum Gasteiger partial charge on any atom is -0.394 e. The van der Waals surface area contributed by atoms with Gasteiger partial charge in [-0.1, -0.05) is 13.3 Å². The quantitative estimate of drug-likeness (QED) is 0.670. The Bertz CT molecular complexity index is 111. The van der Waals surface area contributed by atoms with Gasteiger partial charge in [0, 0.05) is 6.61 Å². The van der Waals surface area contributed by atoms with Crippen molar-refractivity contribution in [3.8, 4) is 0 Å². The number of aliphatic hydroxyl groups is 2. The molecule has 0 aromatic rings. The van der Waals surface area contributed by atoms with Gasteiger partial charge in [0.15, 0.2) is 0 Å². The molecular weight excluding hydrogens is 180 g/mol. The van der Waals surface area contributed by atoms with Crippen LogP contribution in [0, 0.1) is 0 Å². The Hall–Kier alpha value is -0.120. The Labute approximate surface area is 87.1 Å². The number of ether oxygens (including phenoxy) is 1. The highest BCUT2D eigenvalue weighted by molar-refractivity contribution is 4.68. The van der Waals surface area contributed by atoms with Crippen LogP contribution in [0.4, 0.5) is 0 Å². The summed E-state index contributed by atoms with van der Waals surface area (Å²) in [4.78, 5) is 0. The highest BCUT2D eigenvalue weighted by Gasteiger charge is 2.16. The lowest BCUT2D eigenvalue weighted by Crippen LogP contribution is -2.21. The van der Waals surface area contributed by atoms with E-state index in [2.05, 4.69) is 6.92 Å². The lowest BCUT2D eigenvalue weighted by molar-refractivity contribution is 0.00117. The molecule has 0 aromatic heterocycles. The van der Waals surface area contributed by atoms with Crippen LogP contribution in [0.25, 0.3) is 0 Å². The first-order chi connectivity index (χ1) is 6.70. The first-order valence-corrected chi connectivity index (χ1v) is 5.61. The van der Waals surface area contributed by atoms with Crippen molar-refractivity contribution in [3.63, 3.8) is 0 Å². The van der Waals surface area contributed by atoms with Gasteiger partial charge in [0.1, 0.15) is 0 Å². The van der Waals surface area contributed by atoms with Crippen LogP contribution in [0.2, 0.25) is 0 Å². The van der Waals surface area contributed by atoms with Crippen LogP contribution in [0.15, 0.2) is 0 Å². The third-order valence-electron chi connectivity index (χ3n) is 2.17. The highest BCUT2D eigenvalue weighted by atomic mass is 16.5. The number of rotatable bonds is 5. The van der Waals surface area contributed by atoms with Gasteiger partial charge in [0.25, 0.3) is 0 Å². The third-order valence-corrected chi connectivity index (χ3v) is 2.17. The highest BCUT2D eigenvalue weighted by Crippen LogP contribution is 2.21. The summed E-state index contributed by atoms with van der Waals surface area (Å²) in [5.74, 6) is 0. The maximum absolute atomic E-state index is 8.11. The van der Waals surface area contributed by atoms with Crippen LogP contribution in [0.3, 0.4) is 0 Å². The van der Waals surface area contributed by atoms with E-state index in [1.54, 1.807) is 0 Å². The minimum atomic E-state index is -0.560. The van der Waals surface area contributed by atoms with E-state index < -0.39 is 6.10 Å². The smallest absolute Gasteiger partial charge is 0.0742 e. The van der Waals surface area contributed by atoms with Gasteiger partial charge in [0.05, 0.1) is 18.8 Å². The Morgan fingerprint density at radius 3 is 2.29 bits per heavy atom. The Kier molecular flexibility index (Phi) is 9.35. The van der Waals surface area contributed by atoms with E-state index >= 15 is 0 Å². The molecule has 1 saturated carbocycles. The average molecular weight is 204 g/mol. The van der Waals surface area contributed by atoms with Gasteiger partial charge in [-0.05, 0) is 32.6 Å². The van der Waals surface area contributed by atoms with E-state index in [4.69, 9.17) is 14.9 Å². The van der Waals surface area contributed by atoms with Gasteiger partial charge in [0.2, 0.25) is 0 Å². The second kappa shape index (κ2) is 9.44. The predicted molar refractivity (Wildman–Crippen MR) is 57.3 cm³/mol. The summed E-state index contributed by atoms with van der Waals surface area (Å²) in [6.07, 6.45) is 6.57. The Morgan fingerprint density at radius 2 is 2.00 bits per heavy atom. The standard InChI is InChI=1S/C8H16O.C3H8O2/c1-2-3-7-9-8-5-4-6-8;1-3(5)2-4/h8H,2-7H2,1H3;3-5H,2H2,1H3. The molecule has 1 atom stereocenters. The molecular formula is C11H24O3. The summed E-state index contributed by atoms with van der Waals surface area (Å²) in [7, 11) is 0. The Morgan fingerprint density at radius 1 is 1.43 bits per heavy atom. The van der Waals surface area contributed by atoms with Gasteiger partial charge >= 0.3 is 0 Å². The van der Waals surface area contributed by atoms with Crippen molar-refractivity contribution in [2.24, 2.45) is 0 Å². The molecule has 0 aliphatic heterocycles. The fourth-order valence-corrected chi connectivity index (χ4v) is 0.932. The zero-order valence-electron chi connectivity index (χ0n) is 9.41. The summed E-state index contributed by atoms with van der Waals surface area (Å²) < 4.78 is 5.52. The molecule has 1 unspecified atom stereocenters. The van der Waals surface area contributed by atoms with E-state index in [9.17, 15) is 0 Å². The topological polar surface area (TPSA) is 49.7 Å². The fraction of sp³-hybridized carbons (Fsp3) is 1.00. The maximum atomic E-state index is 8.11. The monoisotopic (exact) mass is 204 g/mol. The van der Waals surface area contributed by atoms with Crippen LogP contribution in [0.5, 0.6) is 0 Å². The summed E-state index contributed by atoms with van der Waals surface area (Å²) in [5.41, 5.74) is 0. The van der Waals surface area contributed by atoms with Crippen molar-refractivity contribution >= 4 is 0 Å². The molecule has 86 valence electrons. The van der Waals surface area contributed by atoms with Gasteiger partial charge in [-0.3, -0.25) is 0 Å². The van der Waals surface area contributed by atoms with Crippen molar-refractivity contribution < 1.29 is 14.9 Å². The van der Waals surface area contributed by atoms with Crippen LogP contribution in [-0.2, 0) is 4.74 Å². The van der Waals surface area contributed by atoms with Crippen molar-refractivity contribution in [2.45, 2.75) is 58.2 Å². The van der Waals surface area contributed by atoms with E-state index in [0.717, 1.165) is 6.61 Å². The molecule has 14 heavy (non-hydrogen) atoms. The molecule has 0 radical (unpaired) electrons. The van der Waals surface area contributed by atoms with Gasteiger partial charge in [-0.15, -0.1) is 0 Å². The number of unbranched alkanes of at least 4 members (excludes halogenated alkanes) is 1. The third kappa shape index (κ3) is 8.48. The summed E-state index contributed by atoms with van der Waals surface area (Å²) in [6.45, 7) is 4.57.